The van der Waals surface area contributed by atoms with Crippen LogP contribution in [0.2, 0.25) is 0 Å². The van der Waals surface area contributed by atoms with Gasteiger partial charge >= 0.3 is 0 Å². The molecule has 0 unspecified atom stereocenters. The number of nitrogens with one attached hydrogen (secondary N) is 2. The third kappa shape index (κ3) is 8.43. The van der Waals surface area contributed by atoms with Crippen LogP contribution in [0.1, 0.15) is 47.5 Å². The van der Waals surface area contributed by atoms with Crippen LogP contribution < -0.4 is 10.6 Å². The SMILES string of the molecule is CNC(=O)C[C@H](CC(C)C)NC(C)(C)C. The van der Waals surface area contributed by atoms with Crippen molar-refractivity contribution in [2.45, 2.75) is 59.0 Å². The Morgan fingerprint density at radius 3 is 2.13 bits per heavy atom. The van der Waals surface area contributed by atoms with Gasteiger partial charge in [-0.25, -0.2) is 0 Å². The summed E-state index contributed by atoms with van der Waals surface area (Å²) in [5.41, 5.74) is 0.0631. The predicted octanol–water partition coefficient (Wildman–Crippen LogP) is 1.93. The fraction of sp³-hybridized carbons (Fsp3) is 0.917. The second kappa shape index (κ2) is 6.11. The maximum absolute atomic E-state index is 11.3. The van der Waals surface area contributed by atoms with Crippen LogP contribution in [0, 0.1) is 5.92 Å². The fourth-order valence-corrected chi connectivity index (χ4v) is 1.70. The van der Waals surface area contributed by atoms with Gasteiger partial charge in [0.2, 0.25) is 5.91 Å². The van der Waals surface area contributed by atoms with E-state index in [0.29, 0.717) is 12.3 Å². The Bertz CT molecular complexity index is 194. The summed E-state index contributed by atoms with van der Waals surface area (Å²) in [5.74, 6) is 0.715. The summed E-state index contributed by atoms with van der Waals surface area (Å²) < 4.78 is 0. The summed E-state index contributed by atoms with van der Waals surface area (Å²) in [4.78, 5) is 11.3. The van der Waals surface area contributed by atoms with Gasteiger partial charge in [0, 0.05) is 25.0 Å². The molecule has 1 atom stereocenters. The van der Waals surface area contributed by atoms with Crippen molar-refractivity contribution in [2.75, 3.05) is 7.05 Å². The lowest BCUT2D eigenvalue weighted by atomic mass is 9.97. The van der Waals surface area contributed by atoms with Crippen LogP contribution in [-0.4, -0.2) is 24.5 Å². The van der Waals surface area contributed by atoms with Crippen molar-refractivity contribution in [3.63, 3.8) is 0 Å². The summed E-state index contributed by atoms with van der Waals surface area (Å²) in [7, 11) is 1.69. The minimum atomic E-state index is 0.0631. The first kappa shape index (κ1) is 14.4. The van der Waals surface area contributed by atoms with Gasteiger partial charge in [0.15, 0.2) is 0 Å². The molecule has 3 heteroatoms. The van der Waals surface area contributed by atoms with Gasteiger partial charge in [0.25, 0.3) is 0 Å². The highest BCUT2D eigenvalue weighted by Crippen LogP contribution is 2.12. The van der Waals surface area contributed by atoms with Crippen molar-refractivity contribution in [1.82, 2.24) is 10.6 Å². The second-order valence-corrected chi connectivity index (χ2v) is 5.60. The lowest BCUT2D eigenvalue weighted by molar-refractivity contribution is -0.121. The minimum Gasteiger partial charge on any atom is -0.359 e. The van der Waals surface area contributed by atoms with Crippen LogP contribution in [0.25, 0.3) is 0 Å². The molecule has 0 aromatic heterocycles. The Hall–Kier alpha value is -0.570. The van der Waals surface area contributed by atoms with E-state index < -0.39 is 0 Å². The zero-order chi connectivity index (χ0) is 12.1. The van der Waals surface area contributed by atoms with Crippen molar-refractivity contribution in [1.29, 1.82) is 0 Å². The number of rotatable bonds is 5. The van der Waals surface area contributed by atoms with E-state index in [2.05, 4.69) is 45.3 Å². The van der Waals surface area contributed by atoms with Gasteiger partial charge < -0.3 is 10.6 Å². The van der Waals surface area contributed by atoms with E-state index in [0.717, 1.165) is 6.42 Å². The minimum absolute atomic E-state index is 0.0631. The van der Waals surface area contributed by atoms with Crippen molar-refractivity contribution in [3.05, 3.63) is 0 Å². The molecule has 0 fully saturated rings. The van der Waals surface area contributed by atoms with Crippen LogP contribution in [0.4, 0.5) is 0 Å². The van der Waals surface area contributed by atoms with Crippen molar-refractivity contribution in [3.8, 4) is 0 Å². The molecule has 0 heterocycles. The van der Waals surface area contributed by atoms with E-state index >= 15 is 0 Å². The maximum atomic E-state index is 11.3. The molecule has 0 aliphatic heterocycles. The lowest BCUT2D eigenvalue weighted by Crippen LogP contribution is -2.46. The lowest BCUT2D eigenvalue weighted by Gasteiger charge is -2.29. The van der Waals surface area contributed by atoms with E-state index in [9.17, 15) is 4.79 Å². The van der Waals surface area contributed by atoms with E-state index in [1.807, 2.05) is 0 Å². The smallest absolute Gasteiger partial charge is 0.221 e. The first-order valence-corrected chi connectivity index (χ1v) is 5.73. The number of hydrogen-bond acceptors (Lipinski definition) is 2. The molecule has 0 saturated carbocycles. The van der Waals surface area contributed by atoms with Crippen LogP contribution >= 0.6 is 0 Å². The van der Waals surface area contributed by atoms with Crippen molar-refractivity contribution < 1.29 is 4.79 Å². The second-order valence-electron chi connectivity index (χ2n) is 5.60. The van der Waals surface area contributed by atoms with Gasteiger partial charge in [-0.2, -0.15) is 0 Å². The number of carbonyl (C=O) groups is 1. The van der Waals surface area contributed by atoms with E-state index in [-0.39, 0.29) is 17.5 Å². The standard InChI is InChI=1S/C12H26N2O/c1-9(2)7-10(8-11(15)13-6)14-12(3,4)5/h9-10,14H,7-8H2,1-6H3,(H,13,15)/t10-/m0/s1. The van der Waals surface area contributed by atoms with Crippen LogP contribution in [0.15, 0.2) is 0 Å². The molecule has 3 nitrogen and oxygen atoms in total. The van der Waals surface area contributed by atoms with Gasteiger partial charge in [-0.3, -0.25) is 4.79 Å². The molecule has 0 aliphatic rings. The molecule has 0 radical (unpaired) electrons. The third-order valence-corrected chi connectivity index (χ3v) is 2.10. The molecular weight excluding hydrogens is 188 g/mol. The van der Waals surface area contributed by atoms with Crippen LogP contribution in [-0.2, 0) is 4.79 Å². The highest BCUT2D eigenvalue weighted by molar-refractivity contribution is 5.76. The van der Waals surface area contributed by atoms with Gasteiger partial charge in [-0.05, 0) is 33.1 Å². The largest absolute Gasteiger partial charge is 0.359 e. The zero-order valence-electron chi connectivity index (χ0n) is 11.0. The first-order valence-electron chi connectivity index (χ1n) is 5.73. The highest BCUT2D eigenvalue weighted by Gasteiger charge is 2.20. The zero-order valence-corrected chi connectivity index (χ0v) is 11.0. The van der Waals surface area contributed by atoms with E-state index in [4.69, 9.17) is 0 Å². The molecule has 0 aromatic carbocycles. The topological polar surface area (TPSA) is 41.1 Å². The average Bonchev–Trinajstić information content (AvgIpc) is 1.99. The number of amides is 1. The summed E-state index contributed by atoms with van der Waals surface area (Å²) in [6, 6.07) is 0.268. The summed E-state index contributed by atoms with van der Waals surface area (Å²) in [6.07, 6.45) is 1.59. The Labute approximate surface area is 94.0 Å². The summed E-state index contributed by atoms with van der Waals surface area (Å²) in [5, 5.41) is 6.17. The molecular formula is C12H26N2O. The van der Waals surface area contributed by atoms with E-state index in [1.54, 1.807) is 7.05 Å². The Balaban J connectivity index is 4.25. The quantitative estimate of drug-likeness (QED) is 0.734. The summed E-state index contributed by atoms with van der Waals surface area (Å²) >= 11 is 0. The maximum Gasteiger partial charge on any atom is 0.221 e. The number of carbonyl (C=O) groups excluding carboxylic acids is 1. The predicted molar refractivity (Wildman–Crippen MR) is 64.8 cm³/mol. The van der Waals surface area contributed by atoms with Gasteiger partial charge in [-0.1, -0.05) is 13.8 Å². The van der Waals surface area contributed by atoms with Gasteiger partial charge in [0.1, 0.15) is 0 Å². The third-order valence-electron chi connectivity index (χ3n) is 2.10. The molecule has 90 valence electrons. The van der Waals surface area contributed by atoms with Crippen molar-refractivity contribution in [2.24, 2.45) is 5.92 Å². The molecule has 2 N–H and O–H groups in total. The van der Waals surface area contributed by atoms with Gasteiger partial charge in [0.05, 0.1) is 0 Å². The molecule has 0 spiro atoms. The van der Waals surface area contributed by atoms with Gasteiger partial charge in [-0.15, -0.1) is 0 Å². The van der Waals surface area contributed by atoms with Crippen LogP contribution in [0.3, 0.4) is 0 Å². The normalized spacial score (nSPS) is 14.1. The molecule has 15 heavy (non-hydrogen) atoms. The highest BCUT2D eigenvalue weighted by atomic mass is 16.1. The first-order chi connectivity index (χ1) is 6.74. The molecule has 1 amide bonds. The average molecular weight is 214 g/mol. The fourth-order valence-electron chi connectivity index (χ4n) is 1.70. The monoisotopic (exact) mass is 214 g/mol. The Morgan fingerprint density at radius 1 is 1.27 bits per heavy atom. The Kier molecular flexibility index (Phi) is 5.88. The summed E-state index contributed by atoms with van der Waals surface area (Å²) in [6.45, 7) is 10.8. The number of hydrogen-bond donors (Lipinski definition) is 2. The molecule has 0 aliphatic carbocycles. The molecule has 0 rings (SSSR count). The van der Waals surface area contributed by atoms with Crippen LogP contribution in [0.5, 0.6) is 0 Å². The van der Waals surface area contributed by atoms with Crippen molar-refractivity contribution >= 4 is 5.91 Å². The molecule has 0 aromatic rings. The molecule has 0 saturated heterocycles. The Morgan fingerprint density at radius 2 is 1.80 bits per heavy atom. The van der Waals surface area contributed by atoms with E-state index in [1.165, 1.54) is 0 Å². The molecule has 0 bridgehead atoms.